The zero-order chi connectivity index (χ0) is 14.4. The van der Waals surface area contributed by atoms with Crippen LogP contribution in [-0.4, -0.2) is 12.5 Å². The van der Waals surface area contributed by atoms with Crippen molar-refractivity contribution in [3.05, 3.63) is 27.1 Å². The van der Waals surface area contributed by atoms with E-state index in [9.17, 15) is 4.79 Å². The lowest BCUT2D eigenvalue weighted by molar-refractivity contribution is -0.117. The van der Waals surface area contributed by atoms with Crippen LogP contribution in [0.4, 0.5) is 5.69 Å². The van der Waals surface area contributed by atoms with Gasteiger partial charge in [0, 0.05) is 15.4 Å². The van der Waals surface area contributed by atoms with Gasteiger partial charge in [-0.1, -0.05) is 29.8 Å². The SMILES string of the molecule is CC(C)C[C@H](CN)CC(=O)Nc1cc(Br)ccc1Br. The Kier molecular flexibility index (Phi) is 7.04. The van der Waals surface area contributed by atoms with Gasteiger partial charge in [0.15, 0.2) is 0 Å². The second-order valence-electron chi connectivity index (χ2n) is 5.11. The Morgan fingerprint density at radius 1 is 1.37 bits per heavy atom. The number of halogens is 2. The number of rotatable bonds is 6. The van der Waals surface area contributed by atoms with Gasteiger partial charge in [0.05, 0.1) is 5.69 Å². The zero-order valence-corrected chi connectivity index (χ0v) is 14.4. The fraction of sp³-hybridized carbons (Fsp3) is 0.500. The average molecular weight is 392 g/mol. The summed E-state index contributed by atoms with van der Waals surface area (Å²) in [5, 5.41) is 2.92. The van der Waals surface area contributed by atoms with Crippen LogP contribution in [0.3, 0.4) is 0 Å². The second-order valence-corrected chi connectivity index (χ2v) is 6.88. The number of benzene rings is 1. The van der Waals surface area contributed by atoms with Crippen LogP contribution < -0.4 is 11.1 Å². The molecule has 0 unspecified atom stereocenters. The Labute approximate surface area is 131 Å². The van der Waals surface area contributed by atoms with Gasteiger partial charge < -0.3 is 11.1 Å². The maximum Gasteiger partial charge on any atom is 0.224 e. The molecule has 1 amide bonds. The van der Waals surface area contributed by atoms with Gasteiger partial charge in [0.2, 0.25) is 5.91 Å². The first-order chi connectivity index (χ1) is 8.92. The number of anilines is 1. The third-order valence-electron chi connectivity index (χ3n) is 2.81. The lowest BCUT2D eigenvalue weighted by atomic mass is 9.94. The lowest BCUT2D eigenvalue weighted by Crippen LogP contribution is -2.23. The molecule has 0 saturated heterocycles. The first-order valence-electron chi connectivity index (χ1n) is 6.37. The van der Waals surface area contributed by atoms with Crippen LogP contribution in [0, 0.1) is 11.8 Å². The average Bonchev–Trinajstić information content (AvgIpc) is 2.32. The predicted octanol–water partition coefficient (Wildman–Crippen LogP) is 4.16. The molecule has 1 aromatic rings. The van der Waals surface area contributed by atoms with Crippen LogP contribution in [0.2, 0.25) is 0 Å². The number of carbonyl (C=O) groups excluding carboxylic acids is 1. The minimum absolute atomic E-state index is 0.00917. The molecule has 0 aliphatic rings. The molecule has 0 radical (unpaired) electrons. The Morgan fingerprint density at radius 2 is 2.05 bits per heavy atom. The van der Waals surface area contributed by atoms with E-state index in [1.54, 1.807) is 0 Å². The molecule has 0 bridgehead atoms. The van der Waals surface area contributed by atoms with E-state index in [1.807, 2.05) is 18.2 Å². The van der Waals surface area contributed by atoms with Crippen LogP contribution in [0.15, 0.2) is 27.1 Å². The van der Waals surface area contributed by atoms with Crippen molar-refractivity contribution in [3.63, 3.8) is 0 Å². The molecule has 0 aliphatic heterocycles. The Hall–Kier alpha value is -0.390. The molecule has 1 rings (SSSR count). The van der Waals surface area contributed by atoms with Gasteiger partial charge in [-0.05, 0) is 58.9 Å². The van der Waals surface area contributed by atoms with Gasteiger partial charge in [-0.25, -0.2) is 0 Å². The quantitative estimate of drug-likeness (QED) is 0.764. The molecule has 106 valence electrons. The smallest absolute Gasteiger partial charge is 0.224 e. The largest absolute Gasteiger partial charge is 0.330 e. The van der Waals surface area contributed by atoms with E-state index in [1.165, 1.54) is 0 Å². The van der Waals surface area contributed by atoms with E-state index >= 15 is 0 Å². The number of hydrogen-bond acceptors (Lipinski definition) is 2. The summed E-state index contributed by atoms with van der Waals surface area (Å²) >= 11 is 6.81. The van der Waals surface area contributed by atoms with E-state index in [0.29, 0.717) is 18.9 Å². The van der Waals surface area contributed by atoms with E-state index in [-0.39, 0.29) is 11.8 Å². The number of nitrogens with two attached hydrogens (primary N) is 1. The van der Waals surface area contributed by atoms with Crippen LogP contribution in [0.25, 0.3) is 0 Å². The molecule has 0 aliphatic carbocycles. The maximum atomic E-state index is 12.0. The van der Waals surface area contributed by atoms with Crippen LogP contribution >= 0.6 is 31.9 Å². The number of nitrogens with one attached hydrogen (secondary N) is 1. The van der Waals surface area contributed by atoms with E-state index in [4.69, 9.17) is 5.73 Å². The fourth-order valence-corrected chi connectivity index (χ4v) is 2.69. The minimum atomic E-state index is 0.00917. The monoisotopic (exact) mass is 390 g/mol. The highest BCUT2D eigenvalue weighted by atomic mass is 79.9. The van der Waals surface area contributed by atoms with Crippen molar-refractivity contribution in [2.75, 3.05) is 11.9 Å². The Morgan fingerprint density at radius 3 is 2.63 bits per heavy atom. The van der Waals surface area contributed by atoms with Crippen molar-refractivity contribution < 1.29 is 4.79 Å². The molecule has 1 aromatic carbocycles. The third kappa shape index (κ3) is 6.06. The molecule has 0 fully saturated rings. The van der Waals surface area contributed by atoms with E-state index in [0.717, 1.165) is 21.1 Å². The fourth-order valence-electron chi connectivity index (χ4n) is 1.99. The van der Waals surface area contributed by atoms with Crippen molar-refractivity contribution in [1.29, 1.82) is 0 Å². The number of amides is 1. The summed E-state index contributed by atoms with van der Waals surface area (Å²) in [6.07, 6.45) is 1.44. The summed E-state index contributed by atoms with van der Waals surface area (Å²) in [5.41, 5.74) is 6.50. The van der Waals surface area contributed by atoms with Crippen molar-refractivity contribution in [2.45, 2.75) is 26.7 Å². The lowest BCUT2D eigenvalue weighted by Gasteiger charge is -2.17. The summed E-state index contributed by atoms with van der Waals surface area (Å²) < 4.78 is 1.81. The Bertz CT molecular complexity index is 435. The summed E-state index contributed by atoms with van der Waals surface area (Å²) in [5.74, 6) is 0.805. The number of carbonyl (C=O) groups is 1. The normalized spacial score (nSPS) is 12.5. The topological polar surface area (TPSA) is 55.1 Å². The molecule has 19 heavy (non-hydrogen) atoms. The molecule has 0 heterocycles. The highest BCUT2D eigenvalue weighted by Gasteiger charge is 2.15. The van der Waals surface area contributed by atoms with Gasteiger partial charge in [0.25, 0.3) is 0 Å². The van der Waals surface area contributed by atoms with Gasteiger partial charge in [-0.15, -0.1) is 0 Å². The molecule has 1 atom stereocenters. The first-order valence-corrected chi connectivity index (χ1v) is 7.96. The van der Waals surface area contributed by atoms with E-state index < -0.39 is 0 Å². The molecule has 3 N–H and O–H groups in total. The third-order valence-corrected chi connectivity index (χ3v) is 4.00. The molecule has 3 nitrogen and oxygen atoms in total. The van der Waals surface area contributed by atoms with E-state index in [2.05, 4.69) is 51.0 Å². The molecule has 0 spiro atoms. The van der Waals surface area contributed by atoms with Gasteiger partial charge in [0.1, 0.15) is 0 Å². The zero-order valence-electron chi connectivity index (χ0n) is 11.2. The van der Waals surface area contributed by atoms with Crippen LogP contribution in [-0.2, 0) is 4.79 Å². The molecule has 0 saturated carbocycles. The van der Waals surface area contributed by atoms with Gasteiger partial charge in [-0.2, -0.15) is 0 Å². The van der Waals surface area contributed by atoms with Crippen LogP contribution in [0.1, 0.15) is 26.7 Å². The van der Waals surface area contributed by atoms with Gasteiger partial charge >= 0.3 is 0 Å². The summed E-state index contributed by atoms with van der Waals surface area (Å²) in [7, 11) is 0. The summed E-state index contributed by atoms with van der Waals surface area (Å²) in [6, 6.07) is 5.69. The van der Waals surface area contributed by atoms with Crippen molar-refractivity contribution in [1.82, 2.24) is 0 Å². The molecule has 5 heteroatoms. The van der Waals surface area contributed by atoms with Crippen LogP contribution in [0.5, 0.6) is 0 Å². The second kappa shape index (κ2) is 8.02. The highest BCUT2D eigenvalue weighted by molar-refractivity contribution is 9.11. The van der Waals surface area contributed by atoms with Crippen molar-refractivity contribution in [3.8, 4) is 0 Å². The molecular weight excluding hydrogens is 372 g/mol. The number of hydrogen-bond donors (Lipinski definition) is 2. The van der Waals surface area contributed by atoms with Crippen molar-refractivity contribution in [2.24, 2.45) is 17.6 Å². The summed E-state index contributed by atoms with van der Waals surface area (Å²) in [6.45, 7) is 4.84. The first kappa shape index (κ1) is 16.7. The van der Waals surface area contributed by atoms with Crippen molar-refractivity contribution >= 4 is 43.5 Å². The minimum Gasteiger partial charge on any atom is -0.330 e. The predicted molar refractivity (Wildman–Crippen MR) is 87.1 cm³/mol. The molecular formula is C14H20Br2N2O. The standard InChI is InChI=1S/C14H20Br2N2O/c1-9(2)5-10(8-17)6-14(19)18-13-7-11(15)3-4-12(13)16/h3-4,7,9-10H,5-6,8,17H2,1-2H3,(H,18,19)/t10-/m0/s1. The maximum absolute atomic E-state index is 12.0. The molecule has 0 aromatic heterocycles. The van der Waals surface area contributed by atoms with Gasteiger partial charge in [-0.3, -0.25) is 4.79 Å². The Balaban J connectivity index is 2.61. The highest BCUT2D eigenvalue weighted by Crippen LogP contribution is 2.26. The summed E-state index contributed by atoms with van der Waals surface area (Å²) in [4.78, 5) is 12.0.